The summed E-state index contributed by atoms with van der Waals surface area (Å²) >= 11 is 0. The Balaban J connectivity index is 2.57. The van der Waals surface area contributed by atoms with Crippen LogP contribution in [-0.4, -0.2) is 56.5 Å². The van der Waals surface area contributed by atoms with E-state index in [0.717, 1.165) is 13.1 Å². The van der Waals surface area contributed by atoms with Crippen molar-refractivity contribution < 1.29 is 12.6 Å². The van der Waals surface area contributed by atoms with Crippen molar-refractivity contribution in [1.29, 1.82) is 0 Å². The van der Waals surface area contributed by atoms with Crippen molar-refractivity contribution in [2.24, 2.45) is 0 Å². The summed E-state index contributed by atoms with van der Waals surface area (Å²) in [7, 11) is -2.28. The topological polar surface area (TPSA) is 49.9 Å². The maximum Gasteiger partial charge on any atom is 0.338 e. The molecule has 1 fully saturated rings. The summed E-state index contributed by atoms with van der Waals surface area (Å²) in [6.07, 6.45) is 0. The molecule has 0 aromatic heterocycles. The van der Waals surface area contributed by atoms with Crippen molar-refractivity contribution in [3.63, 3.8) is 0 Å². The SMILES string of the molecule is COS(=O)(=O)N1CCN(C(C)(C)C)CC1. The zero-order valence-electron chi connectivity index (χ0n) is 9.86. The van der Waals surface area contributed by atoms with Gasteiger partial charge in [-0.3, -0.25) is 9.08 Å². The van der Waals surface area contributed by atoms with Gasteiger partial charge in [-0.2, -0.15) is 12.7 Å². The van der Waals surface area contributed by atoms with Gasteiger partial charge < -0.3 is 0 Å². The molecule has 0 aromatic rings. The Kier molecular flexibility index (Phi) is 3.76. The number of piperazine rings is 1. The molecule has 0 aliphatic carbocycles. The van der Waals surface area contributed by atoms with E-state index < -0.39 is 10.3 Å². The molecule has 1 saturated heterocycles. The van der Waals surface area contributed by atoms with Gasteiger partial charge in [0, 0.05) is 31.7 Å². The minimum Gasteiger partial charge on any atom is -0.296 e. The highest BCUT2D eigenvalue weighted by Crippen LogP contribution is 2.17. The highest BCUT2D eigenvalue weighted by atomic mass is 32.2. The largest absolute Gasteiger partial charge is 0.338 e. The molecule has 6 heteroatoms. The van der Waals surface area contributed by atoms with Gasteiger partial charge >= 0.3 is 10.3 Å². The smallest absolute Gasteiger partial charge is 0.296 e. The van der Waals surface area contributed by atoms with Crippen LogP contribution in [0.15, 0.2) is 0 Å². The van der Waals surface area contributed by atoms with Gasteiger partial charge in [-0.05, 0) is 20.8 Å². The number of hydrogen-bond acceptors (Lipinski definition) is 4. The molecule has 0 N–H and O–H groups in total. The minimum atomic E-state index is -3.48. The predicted octanol–water partition coefficient (Wildman–Crippen LogP) is 0.294. The van der Waals surface area contributed by atoms with Crippen molar-refractivity contribution in [3.8, 4) is 0 Å². The average Bonchev–Trinajstić information content (AvgIpc) is 2.17. The molecule has 0 saturated carbocycles. The first-order valence-electron chi connectivity index (χ1n) is 5.08. The monoisotopic (exact) mass is 236 g/mol. The molecule has 0 bridgehead atoms. The van der Waals surface area contributed by atoms with Gasteiger partial charge in [-0.1, -0.05) is 0 Å². The lowest BCUT2D eigenvalue weighted by Gasteiger charge is -2.41. The Morgan fingerprint density at radius 3 is 1.87 bits per heavy atom. The van der Waals surface area contributed by atoms with Crippen LogP contribution in [0.4, 0.5) is 0 Å². The maximum atomic E-state index is 11.4. The highest BCUT2D eigenvalue weighted by Gasteiger charge is 2.30. The molecular weight excluding hydrogens is 216 g/mol. The molecule has 1 aliphatic rings. The molecule has 1 aliphatic heterocycles. The van der Waals surface area contributed by atoms with Gasteiger partial charge in [0.05, 0.1) is 7.11 Å². The lowest BCUT2D eigenvalue weighted by Crippen LogP contribution is -2.54. The summed E-state index contributed by atoms with van der Waals surface area (Å²) < 4.78 is 28.7. The quantitative estimate of drug-likeness (QED) is 0.691. The molecular formula is C9H20N2O3S. The fourth-order valence-electron chi connectivity index (χ4n) is 1.69. The molecule has 15 heavy (non-hydrogen) atoms. The van der Waals surface area contributed by atoms with E-state index in [0.29, 0.717) is 13.1 Å². The van der Waals surface area contributed by atoms with E-state index >= 15 is 0 Å². The third kappa shape index (κ3) is 3.14. The fourth-order valence-corrected chi connectivity index (χ4v) is 2.51. The molecule has 1 rings (SSSR count). The van der Waals surface area contributed by atoms with Crippen molar-refractivity contribution in [2.75, 3.05) is 33.3 Å². The highest BCUT2D eigenvalue weighted by molar-refractivity contribution is 7.84. The Morgan fingerprint density at radius 2 is 1.53 bits per heavy atom. The van der Waals surface area contributed by atoms with E-state index in [1.165, 1.54) is 11.4 Å². The lowest BCUT2D eigenvalue weighted by atomic mass is 10.1. The van der Waals surface area contributed by atoms with Crippen LogP contribution in [0.5, 0.6) is 0 Å². The van der Waals surface area contributed by atoms with Gasteiger partial charge in [0.1, 0.15) is 0 Å². The number of hydrogen-bond donors (Lipinski definition) is 0. The Bertz CT molecular complexity index is 300. The number of nitrogens with zero attached hydrogens (tertiary/aromatic N) is 2. The standard InChI is InChI=1S/C9H20N2O3S/c1-9(2,3)10-5-7-11(8-6-10)15(12,13)14-4/h5-8H2,1-4H3. The van der Waals surface area contributed by atoms with Gasteiger partial charge in [-0.25, -0.2) is 0 Å². The fraction of sp³-hybridized carbons (Fsp3) is 1.00. The Hall–Kier alpha value is -0.170. The van der Waals surface area contributed by atoms with Crippen LogP contribution < -0.4 is 0 Å². The summed E-state index contributed by atoms with van der Waals surface area (Å²) in [4.78, 5) is 2.27. The van der Waals surface area contributed by atoms with Gasteiger partial charge in [0.15, 0.2) is 0 Å². The first-order chi connectivity index (χ1) is 6.77. The third-order valence-electron chi connectivity index (χ3n) is 2.71. The van der Waals surface area contributed by atoms with Crippen LogP contribution in [0, 0.1) is 0 Å². The van der Waals surface area contributed by atoms with Crippen molar-refractivity contribution in [3.05, 3.63) is 0 Å². The molecule has 0 atom stereocenters. The Morgan fingerprint density at radius 1 is 1.07 bits per heavy atom. The Labute approximate surface area is 92.3 Å². The minimum absolute atomic E-state index is 0.100. The second-order valence-corrected chi connectivity index (χ2v) is 6.39. The first-order valence-corrected chi connectivity index (χ1v) is 6.44. The van der Waals surface area contributed by atoms with Crippen molar-refractivity contribution >= 4 is 10.3 Å². The van der Waals surface area contributed by atoms with Crippen LogP contribution >= 0.6 is 0 Å². The molecule has 0 aromatic carbocycles. The first kappa shape index (κ1) is 12.9. The van der Waals surface area contributed by atoms with Crippen LogP contribution in [-0.2, 0) is 14.5 Å². The van der Waals surface area contributed by atoms with E-state index in [4.69, 9.17) is 0 Å². The molecule has 90 valence electrons. The molecule has 5 nitrogen and oxygen atoms in total. The van der Waals surface area contributed by atoms with E-state index in [-0.39, 0.29) is 5.54 Å². The van der Waals surface area contributed by atoms with Crippen molar-refractivity contribution in [1.82, 2.24) is 9.21 Å². The molecule has 1 heterocycles. The molecule has 0 unspecified atom stereocenters. The van der Waals surface area contributed by atoms with E-state index in [9.17, 15) is 8.42 Å². The van der Waals surface area contributed by atoms with Gasteiger partial charge in [0.2, 0.25) is 0 Å². The normalized spacial score (nSPS) is 21.9. The molecule has 0 amide bonds. The van der Waals surface area contributed by atoms with Gasteiger partial charge in [0.25, 0.3) is 0 Å². The van der Waals surface area contributed by atoms with Crippen LogP contribution in [0.25, 0.3) is 0 Å². The third-order valence-corrected chi connectivity index (χ3v) is 4.13. The van der Waals surface area contributed by atoms with Crippen LogP contribution in [0.2, 0.25) is 0 Å². The van der Waals surface area contributed by atoms with E-state index in [1.807, 2.05) is 0 Å². The second kappa shape index (κ2) is 4.37. The summed E-state index contributed by atoms with van der Waals surface area (Å²) in [6.45, 7) is 8.92. The lowest BCUT2D eigenvalue weighted by molar-refractivity contribution is 0.0879. The van der Waals surface area contributed by atoms with E-state index in [2.05, 4.69) is 29.9 Å². The summed E-state index contributed by atoms with van der Waals surface area (Å²) in [5.41, 5.74) is 0.100. The summed E-state index contributed by atoms with van der Waals surface area (Å²) in [5.74, 6) is 0. The summed E-state index contributed by atoms with van der Waals surface area (Å²) in [5, 5.41) is 0. The maximum absolute atomic E-state index is 11.4. The molecule has 0 spiro atoms. The van der Waals surface area contributed by atoms with E-state index in [1.54, 1.807) is 0 Å². The average molecular weight is 236 g/mol. The zero-order valence-corrected chi connectivity index (χ0v) is 10.7. The number of rotatable bonds is 2. The predicted molar refractivity (Wildman–Crippen MR) is 58.8 cm³/mol. The van der Waals surface area contributed by atoms with Crippen molar-refractivity contribution in [2.45, 2.75) is 26.3 Å². The zero-order chi connectivity index (χ0) is 11.7. The van der Waals surface area contributed by atoms with Gasteiger partial charge in [-0.15, -0.1) is 0 Å². The second-order valence-electron chi connectivity index (χ2n) is 4.68. The van der Waals surface area contributed by atoms with Crippen LogP contribution in [0.1, 0.15) is 20.8 Å². The van der Waals surface area contributed by atoms with Crippen LogP contribution in [0.3, 0.4) is 0 Å². The summed E-state index contributed by atoms with van der Waals surface area (Å²) in [6, 6.07) is 0. The molecule has 0 radical (unpaired) electrons.